The number of benzene rings is 2. The van der Waals surface area contributed by atoms with Gasteiger partial charge in [0.25, 0.3) is 5.91 Å². The maximum Gasteiger partial charge on any atom is 0.416 e. The van der Waals surface area contributed by atoms with Crippen LogP contribution in [0.4, 0.5) is 18.9 Å². The summed E-state index contributed by atoms with van der Waals surface area (Å²) in [5, 5.41) is 11.9. The summed E-state index contributed by atoms with van der Waals surface area (Å²) in [6.07, 6.45) is 1.02. The molecule has 234 valence electrons. The highest BCUT2D eigenvalue weighted by atomic mass is 19.4. The lowest BCUT2D eigenvalue weighted by Gasteiger charge is -2.46. The molecule has 0 unspecified atom stereocenters. The average molecular weight is 608 g/mol. The number of likely N-dealkylation sites (N-methyl/N-ethyl adjacent to an activating group) is 1. The molecule has 7 rings (SSSR count). The van der Waals surface area contributed by atoms with Gasteiger partial charge < -0.3 is 14.8 Å². The topological polar surface area (TPSA) is 69.5 Å². The molecule has 0 radical (unpaired) electrons. The summed E-state index contributed by atoms with van der Waals surface area (Å²) >= 11 is 0. The molecule has 1 aliphatic carbocycles. The van der Waals surface area contributed by atoms with Gasteiger partial charge in [0.2, 0.25) is 0 Å². The highest BCUT2D eigenvalue weighted by Crippen LogP contribution is 2.52. The highest BCUT2D eigenvalue weighted by molar-refractivity contribution is 6.10. The zero-order valence-electron chi connectivity index (χ0n) is 25.6. The summed E-state index contributed by atoms with van der Waals surface area (Å²) in [5.74, 6) is 0.988. The second-order valence-electron chi connectivity index (χ2n) is 13.5. The third-order valence-electron chi connectivity index (χ3n) is 10.5. The Morgan fingerprint density at radius 2 is 1.95 bits per heavy atom. The Hall–Kier alpha value is -3.28. The molecule has 2 aromatic carbocycles. The molecule has 3 aliphatic heterocycles. The molecule has 1 amide bonds. The second-order valence-corrected chi connectivity index (χ2v) is 13.5. The quantitative estimate of drug-likeness (QED) is 0.424. The lowest BCUT2D eigenvalue weighted by atomic mass is 9.58. The van der Waals surface area contributed by atoms with Crippen LogP contribution < -0.4 is 10.2 Å². The number of nitrogens with zero attached hydrogens (tertiary/aromatic N) is 6. The van der Waals surface area contributed by atoms with E-state index in [0.29, 0.717) is 35.8 Å². The van der Waals surface area contributed by atoms with Crippen molar-refractivity contribution in [2.45, 2.75) is 69.4 Å². The Morgan fingerprint density at radius 3 is 2.64 bits per heavy atom. The monoisotopic (exact) mass is 607 g/mol. The molecule has 11 heteroatoms. The van der Waals surface area contributed by atoms with E-state index >= 15 is 0 Å². The van der Waals surface area contributed by atoms with Crippen molar-refractivity contribution in [3.05, 3.63) is 76.4 Å². The first-order valence-electron chi connectivity index (χ1n) is 15.7. The lowest BCUT2D eigenvalue weighted by Crippen LogP contribution is -2.43. The number of rotatable bonds is 7. The zero-order chi connectivity index (χ0) is 30.8. The van der Waals surface area contributed by atoms with Gasteiger partial charge in [-0.25, -0.2) is 0 Å². The number of aromatic nitrogens is 3. The first-order chi connectivity index (χ1) is 21.0. The maximum absolute atomic E-state index is 14.5. The predicted octanol–water partition coefficient (Wildman–Crippen LogP) is 4.58. The van der Waals surface area contributed by atoms with Gasteiger partial charge >= 0.3 is 6.18 Å². The standard InChI is InChI=1S/C33H40F3N7O/c1-21-14-32(15-21,31-39-38-20-40(31)2)23-5-4-6-24(13-23)43-19-28-27(30(43)44)11-22(12-29(28)33(34,35)36)17-42-10-8-26(18-42)41(3)25-7-9-37-16-25/h4-6,11-13,20-21,25-26,37H,7-10,14-19H2,1-3H3/t21?,25-,26+,32?/m0/s1. The van der Waals surface area contributed by atoms with E-state index in [4.69, 9.17) is 0 Å². The van der Waals surface area contributed by atoms with Crippen LogP contribution in [0.15, 0.2) is 42.7 Å². The molecule has 3 aromatic rings. The molecule has 2 atom stereocenters. The van der Waals surface area contributed by atoms with Gasteiger partial charge in [-0.3, -0.25) is 14.6 Å². The number of hydrogen-bond acceptors (Lipinski definition) is 6. The van der Waals surface area contributed by atoms with E-state index in [1.807, 2.05) is 35.9 Å². The second kappa shape index (κ2) is 11.0. The molecule has 2 saturated heterocycles. The Labute approximate surface area is 256 Å². The first kappa shape index (κ1) is 29.4. The third-order valence-corrected chi connectivity index (χ3v) is 10.5. The average Bonchev–Trinajstić information content (AvgIpc) is 3.79. The van der Waals surface area contributed by atoms with E-state index in [-0.39, 0.29) is 29.0 Å². The summed E-state index contributed by atoms with van der Waals surface area (Å²) in [5.41, 5.74) is 1.32. The van der Waals surface area contributed by atoms with Crippen molar-refractivity contribution < 1.29 is 18.0 Å². The van der Waals surface area contributed by atoms with E-state index < -0.39 is 11.7 Å². The number of aryl methyl sites for hydroxylation is 1. The lowest BCUT2D eigenvalue weighted by molar-refractivity contribution is -0.138. The van der Waals surface area contributed by atoms with E-state index in [1.54, 1.807) is 12.4 Å². The molecule has 4 heterocycles. The fraction of sp³-hybridized carbons (Fsp3) is 0.545. The van der Waals surface area contributed by atoms with Crippen molar-refractivity contribution in [3.63, 3.8) is 0 Å². The Kier molecular flexibility index (Phi) is 7.33. The molecule has 8 nitrogen and oxygen atoms in total. The van der Waals surface area contributed by atoms with Crippen LogP contribution in [0.5, 0.6) is 0 Å². The number of halogens is 3. The summed E-state index contributed by atoms with van der Waals surface area (Å²) in [7, 11) is 4.08. The van der Waals surface area contributed by atoms with Gasteiger partial charge in [-0.2, -0.15) is 13.2 Å². The van der Waals surface area contributed by atoms with Crippen LogP contribution in [-0.4, -0.2) is 75.8 Å². The molecule has 1 N–H and O–H groups in total. The molecule has 0 spiro atoms. The van der Waals surface area contributed by atoms with Crippen molar-refractivity contribution in [1.29, 1.82) is 0 Å². The molecule has 1 aromatic heterocycles. The minimum Gasteiger partial charge on any atom is -0.320 e. The smallest absolute Gasteiger partial charge is 0.320 e. The van der Waals surface area contributed by atoms with Crippen LogP contribution in [0, 0.1) is 5.92 Å². The number of anilines is 1. The molecular weight excluding hydrogens is 567 g/mol. The number of hydrogen-bond donors (Lipinski definition) is 1. The van der Waals surface area contributed by atoms with Crippen molar-refractivity contribution >= 4 is 11.6 Å². The minimum atomic E-state index is -4.56. The summed E-state index contributed by atoms with van der Waals surface area (Å²) in [4.78, 5) is 20.0. The molecule has 3 fully saturated rings. The fourth-order valence-electron chi connectivity index (χ4n) is 8.22. The number of carbonyl (C=O) groups excluding carboxylic acids is 1. The molecule has 0 bridgehead atoms. The number of likely N-dealkylation sites (tertiary alicyclic amines) is 1. The van der Waals surface area contributed by atoms with Gasteiger partial charge in [-0.05, 0) is 86.1 Å². The van der Waals surface area contributed by atoms with Gasteiger partial charge in [-0.1, -0.05) is 19.1 Å². The number of nitrogens with one attached hydrogen (secondary N) is 1. The van der Waals surface area contributed by atoms with Crippen LogP contribution in [0.3, 0.4) is 0 Å². The van der Waals surface area contributed by atoms with Crippen molar-refractivity contribution in [2.75, 3.05) is 38.1 Å². The molecule has 4 aliphatic rings. The zero-order valence-corrected chi connectivity index (χ0v) is 25.6. The van der Waals surface area contributed by atoms with Crippen LogP contribution in [0.1, 0.15) is 71.0 Å². The van der Waals surface area contributed by atoms with Gasteiger partial charge in [0, 0.05) is 56.6 Å². The van der Waals surface area contributed by atoms with E-state index in [2.05, 4.69) is 39.3 Å². The Morgan fingerprint density at radius 1 is 1.14 bits per heavy atom. The van der Waals surface area contributed by atoms with Crippen molar-refractivity contribution in [3.8, 4) is 0 Å². The van der Waals surface area contributed by atoms with Crippen LogP contribution >= 0.6 is 0 Å². The van der Waals surface area contributed by atoms with Gasteiger partial charge in [-0.15, -0.1) is 10.2 Å². The Balaban J connectivity index is 1.15. The molecular formula is C33H40F3N7O. The van der Waals surface area contributed by atoms with Crippen LogP contribution in [-0.2, 0) is 31.7 Å². The highest BCUT2D eigenvalue weighted by Gasteiger charge is 2.48. The van der Waals surface area contributed by atoms with Crippen LogP contribution in [0.25, 0.3) is 0 Å². The van der Waals surface area contributed by atoms with Gasteiger partial charge in [0.15, 0.2) is 0 Å². The predicted molar refractivity (Wildman–Crippen MR) is 161 cm³/mol. The first-order valence-corrected chi connectivity index (χ1v) is 15.7. The number of alkyl halides is 3. The summed E-state index contributed by atoms with van der Waals surface area (Å²) < 4.78 is 45.3. The minimum absolute atomic E-state index is 0.0599. The fourth-order valence-corrected chi connectivity index (χ4v) is 8.22. The van der Waals surface area contributed by atoms with E-state index in [0.717, 1.165) is 63.3 Å². The summed E-state index contributed by atoms with van der Waals surface area (Å²) in [6.45, 7) is 6.13. The number of fused-ring (bicyclic) bond motifs is 1. The van der Waals surface area contributed by atoms with E-state index in [9.17, 15) is 18.0 Å². The van der Waals surface area contributed by atoms with Gasteiger partial charge in [0.05, 0.1) is 17.5 Å². The largest absolute Gasteiger partial charge is 0.416 e. The van der Waals surface area contributed by atoms with E-state index in [1.165, 1.54) is 11.0 Å². The van der Waals surface area contributed by atoms with Crippen molar-refractivity contribution in [1.82, 2.24) is 29.9 Å². The Bertz CT molecular complexity index is 1560. The SMILES string of the molecule is CC1CC(c2cccc(N3Cc4c(cc(CN5CC[C@@H](N(C)[C@H]6CCNC6)C5)cc4C(F)(F)F)C3=O)c2)(c2nncn2C)C1. The summed E-state index contributed by atoms with van der Waals surface area (Å²) in [6, 6.07) is 11.5. The number of carbonyl (C=O) groups is 1. The van der Waals surface area contributed by atoms with Crippen LogP contribution in [0.2, 0.25) is 0 Å². The van der Waals surface area contributed by atoms with Crippen molar-refractivity contribution in [2.24, 2.45) is 13.0 Å². The normalized spacial score (nSPS) is 27.4. The molecule has 44 heavy (non-hydrogen) atoms. The number of amides is 1. The van der Waals surface area contributed by atoms with Gasteiger partial charge in [0.1, 0.15) is 12.2 Å². The molecule has 1 saturated carbocycles. The maximum atomic E-state index is 14.5. The third kappa shape index (κ3) is 5.02.